The number of fused-ring (bicyclic) bond motifs is 1. The smallest absolute Gasteiger partial charge is 0.265 e. The zero-order valence-electron chi connectivity index (χ0n) is 14.2. The SMILES string of the molecule is COCc1cc(CN(C)C(=O)C2CN(C)c3ccccc3O2)[nH]n1. The van der Waals surface area contributed by atoms with Crippen LogP contribution in [0.25, 0.3) is 0 Å². The largest absolute Gasteiger partial charge is 0.477 e. The van der Waals surface area contributed by atoms with Gasteiger partial charge in [-0.25, -0.2) is 0 Å². The molecule has 1 atom stereocenters. The Hall–Kier alpha value is -2.54. The summed E-state index contributed by atoms with van der Waals surface area (Å²) in [6.07, 6.45) is -0.517. The molecule has 0 radical (unpaired) electrons. The topological polar surface area (TPSA) is 70.7 Å². The van der Waals surface area contributed by atoms with Gasteiger partial charge in [0.05, 0.1) is 36.8 Å². The summed E-state index contributed by atoms with van der Waals surface area (Å²) in [5, 5.41) is 7.07. The highest BCUT2D eigenvalue weighted by molar-refractivity contribution is 5.83. The van der Waals surface area contributed by atoms with Gasteiger partial charge in [0, 0.05) is 21.2 Å². The molecule has 1 N–H and O–H groups in total. The number of methoxy groups -OCH3 is 1. The standard InChI is InChI=1S/C17H22N4O3/c1-20-10-16(24-15-7-5-4-6-14(15)20)17(22)21(2)9-12-8-13(11-23-3)19-18-12/h4-8,16H,9-11H2,1-3H3,(H,18,19). The Labute approximate surface area is 141 Å². The maximum Gasteiger partial charge on any atom is 0.265 e. The Bertz CT molecular complexity index is 715. The number of hydrogen-bond acceptors (Lipinski definition) is 5. The monoisotopic (exact) mass is 330 g/mol. The molecular formula is C17H22N4O3. The first kappa shape index (κ1) is 16.3. The van der Waals surface area contributed by atoms with Crippen LogP contribution >= 0.6 is 0 Å². The highest BCUT2D eigenvalue weighted by Crippen LogP contribution is 2.32. The van der Waals surface area contributed by atoms with E-state index in [9.17, 15) is 4.79 Å². The number of ether oxygens (including phenoxy) is 2. The highest BCUT2D eigenvalue weighted by Gasteiger charge is 2.31. The van der Waals surface area contributed by atoms with Crippen molar-refractivity contribution in [2.24, 2.45) is 0 Å². The number of H-pyrrole nitrogens is 1. The number of carbonyl (C=O) groups excluding carboxylic acids is 1. The predicted octanol–water partition coefficient (Wildman–Crippen LogP) is 1.41. The molecule has 1 amide bonds. The van der Waals surface area contributed by atoms with Crippen molar-refractivity contribution in [3.63, 3.8) is 0 Å². The van der Waals surface area contributed by atoms with Crippen LogP contribution in [0, 0.1) is 0 Å². The molecule has 1 aromatic carbocycles. The van der Waals surface area contributed by atoms with Crippen LogP contribution in [-0.2, 0) is 22.7 Å². The Kier molecular flexibility index (Phi) is 4.71. The van der Waals surface area contributed by atoms with Gasteiger partial charge in [0.1, 0.15) is 5.75 Å². The van der Waals surface area contributed by atoms with Crippen LogP contribution in [0.15, 0.2) is 30.3 Å². The molecule has 7 heteroatoms. The molecule has 0 aliphatic carbocycles. The maximum atomic E-state index is 12.7. The quantitative estimate of drug-likeness (QED) is 0.898. The number of aromatic nitrogens is 2. The molecule has 2 aromatic rings. The summed E-state index contributed by atoms with van der Waals surface area (Å²) in [5.74, 6) is 0.682. The van der Waals surface area contributed by atoms with E-state index in [0.717, 1.165) is 22.8 Å². The van der Waals surface area contributed by atoms with Crippen molar-refractivity contribution in [1.29, 1.82) is 0 Å². The molecule has 0 spiro atoms. The van der Waals surface area contributed by atoms with Gasteiger partial charge in [-0.1, -0.05) is 12.1 Å². The lowest BCUT2D eigenvalue weighted by molar-refractivity contribution is -0.137. The lowest BCUT2D eigenvalue weighted by atomic mass is 10.2. The minimum Gasteiger partial charge on any atom is -0.477 e. The summed E-state index contributed by atoms with van der Waals surface area (Å²) < 4.78 is 10.9. The minimum atomic E-state index is -0.517. The second kappa shape index (κ2) is 6.92. The van der Waals surface area contributed by atoms with E-state index in [-0.39, 0.29) is 5.91 Å². The zero-order chi connectivity index (χ0) is 17.1. The number of nitrogens with one attached hydrogen (secondary N) is 1. The molecule has 1 aliphatic heterocycles. The second-order valence-corrected chi connectivity index (χ2v) is 5.97. The summed E-state index contributed by atoms with van der Waals surface area (Å²) >= 11 is 0. The molecule has 1 aromatic heterocycles. The first-order valence-corrected chi connectivity index (χ1v) is 7.82. The Morgan fingerprint density at radius 2 is 2.29 bits per heavy atom. The predicted molar refractivity (Wildman–Crippen MR) is 89.9 cm³/mol. The van der Waals surface area contributed by atoms with Crippen LogP contribution in [0.5, 0.6) is 5.75 Å². The Morgan fingerprint density at radius 3 is 3.08 bits per heavy atom. The van der Waals surface area contributed by atoms with E-state index in [1.807, 2.05) is 42.3 Å². The molecule has 7 nitrogen and oxygen atoms in total. The van der Waals surface area contributed by atoms with Gasteiger partial charge in [-0.05, 0) is 18.2 Å². The van der Waals surface area contributed by atoms with Crippen molar-refractivity contribution >= 4 is 11.6 Å². The molecule has 3 rings (SSSR count). The summed E-state index contributed by atoms with van der Waals surface area (Å²) in [7, 11) is 5.36. The Balaban J connectivity index is 1.65. The van der Waals surface area contributed by atoms with Crippen LogP contribution < -0.4 is 9.64 Å². The molecule has 0 bridgehead atoms. The molecule has 128 valence electrons. The Morgan fingerprint density at radius 1 is 1.50 bits per heavy atom. The van der Waals surface area contributed by atoms with Crippen LogP contribution in [0.2, 0.25) is 0 Å². The number of benzene rings is 1. The van der Waals surface area contributed by atoms with Crippen LogP contribution in [0.1, 0.15) is 11.4 Å². The number of amides is 1. The fraction of sp³-hybridized carbons (Fsp3) is 0.412. The van der Waals surface area contributed by atoms with Gasteiger partial charge in [-0.15, -0.1) is 0 Å². The third kappa shape index (κ3) is 3.35. The highest BCUT2D eigenvalue weighted by atomic mass is 16.5. The van der Waals surface area contributed by atoms with Crippen molar-refractivity contribution in [2.45, 2.75) is 19.3 Å². The van der Waals surface area contributed by atoms with Crippen LogP contribution in [0.4, 0.5) is 5.69 Å². The van der Waals surface area contributed by atoms with Crippen molar-refractivity contribution in [2.75, 3.05) is 32.6 Å². The lowest BCUT2D eigenvalue weighted by Crippen LogP contribution is -2.48. The number of aromatic amines is 1. The number of carbonyl (C=O) groups is 1. The number of para-hydroxylation sites is 2. The number of hydrogen-bond donors (Lipinski definition) is 1. The van der Waals surface area contributed by atoms with Gasteiger partial charge in [-0.3, -0.25) is 9.89 Å². The number of rotatable bonds is 5. The number of nitrogens with zero attached hydrogens (tertiary/aromatic N) is 3. The van der Waals surface area contributed by atoms with E-state index < -0.39 is 6.10 Å². The van der Waals surface area contributed by atoms with E-state index >= 15 is 0 Å². The maximum absolute atomic E-state index is 12.7. The van der Waals surface area contributed by atoms with Crippen molar-refractivity contribution in [3.8, 4) is 5.75 Å². The number of likely N-dealkylation sites (N-methyl/N-ethyl adjacent to an activating group) is 2. The molecule has 2 heterocycles. The number of anilines is 1. The average Bonchev–Trinajstić information content (AvgIpc) is 3.01. The van der Waals surface area contributed by atoms with Crippen LogP contribution in [0.3, 0.4) is 0 Å². The normalized spacial score (nSPS) is 16.5. The van der Waals surface area contributed by atoms with Crippen molar-refractivity contribution < 1.29 is 14.3 Å². The lowest BCUT2D eigenvalue weighted by Gasteiger charge is -2.34. The fourth-order valence-corrected chi connectivity index (χ4v) is 2.83. The van der Waals surface area contributed by atoms with Gasteiger partial charge in [0.25, 0.3) is 5.91 Å². The molecule has 0 fully saturated rings. The van der Waals surface area contributed by atoms with Gasteiger partial charge >= 0.3 is 0 Å². The van der Waals surface area contributed by atoms with E-state index in [1.54, 1.807) is 19.1 Å². The van der Waals surface area contributed by atoms with Crippen LogP contribution in [-0.4, -0.2) is 54.9 Å². The molecule has 1 unspecified atom stereocenters. The zero-order valence-corrected chi connectivity index (χ0v) is 14.2. The average molecular weight is 330 g/mol. The third-order valence-corrected chi connectivity index (χ3v) is 4.02. The molecule has 1 aliphatic rings. The van der Waals surface area contributed by atoms with Gasteiger partial charge < -0.3 is 19.3 Å². The molecule has 0 saturated heterocycles. The molecular weight excluding hydrogens is 308 g/mol. The van der Waals surface area contributed by atoms with Crippen molar-refractivity contribution in [1.82, 2.24) is 15.1 Å². The summed E-state index contributed by atoms with van der Waals surface area (Å²) in [6, 6.07) is 9.64. The fourth-order valence-electron chi connectivity index (χ4n) is 2.83. The summed E-state index contributed by atoms with van der Waals surface area (Å²) in [4.78, 5) is 16.4. The third-order valence-electron chi connectivity index (χ3n) is 4.02. The first-order valence-electron chi connectivity index (χ1n) is 7.82. The van der Waals surface area contributed by atoms with Gasteiger partial charge in [0.2, 0.25) is 0 Å². The molecule has 24 heavy (non-hydrogen) atoms. The molecule has 0 saturated carbocycles. The van der Waals surface area contributed by atoms with E-state index in [4.69, 9.17) is 9.47 Å². The van der Waals surface area contributed by atoms with Gasteiger partial charge in [-0.2, -0.15) is 5.10 Å². The van der Waals surface area contributed by atoms with Gasteiger partial charge in [0.15, 0.2) is 6.10 Å². The first-order chi connectivity index (χ1) is 11.6. The van der Waals surface area contributed by atoms with Crippen molar-refractivity contribution in [3.05, 3.63) is 41.7 Å². The summed E-state index contributed by atoms with van der Waals surface area (Å²) in [6.45, 7) is 1.42. The second-order valence-electron chi connectivity index (χ2n) is 5.97. The summed E-state index contributed by atoms with van der Waals surface area (Å²) in [5.41, 5.74) is 2.68. The van der Waals surface area contributed by atoms with E-state index in [1.165, 1.54) is 0 Å². The van der Waals surface area contributed by atoms with E-state index in [0.29, 0.717) is 19.7 Å². The minimum absolute atomic E-state index is 0.0563. The van der Waals surface area contributed by atoms with E-state index in [2.05, 4.69) is 10.2 Å².